The Morgan fingerprint density at radius 3 is 2.58 bits per heavy atom. The van der Waals surface area contributed by atoms with Crippen molar-refractivity contribution in [2.45, 2.75) is 19.8 Å². The molecule has 0 saturated heterocycles. The summed E-state index contributed by atoms with van der Waals surface area (Å²) in [4.78, 5) is 12.8. The minimum atomic E-state index is 0.273. The van der Waals surface area contributed by atoms with Crippen LogP contribution in [0.25, 0.3) is 0 Å². The predicted octanol–water partition coefficient (Wildman–Crippen LogP) is 0.934. The quantitative estimate of drug-likeness (QED) is 0.573. The van der Waals surface area contributed by atoms with E-state index in [0.717, 1.165) is 26.1 Å². The molecular weight excluding hydrogens is 154 g/mol. The van der Waals surface area contributed by atoms with E-state index in [9.17, 15) is 4.79 Å². The summed E-state index contributed by atoms with van der Waals surface area (Å²) in [5, 5.41) is 0. The highest BCUT2D eigenvalue weighted by molar-refractivity contribution is 5.75. The number of ether oxygens (including phenoxy) is 1. The number of carbonyl (C=O) groups is 1. The molecule has 0 aliphatic heterocycles. The number of likely N-dealkylation sites (N-methyl/N-ethyl adjacent to an activating group) is 1. The van der Waals surface area contributed by atoms with Gasteiger partial charge in [-0.05, 0) is 26.9 Å². The number of hydrogen-bond donors (Lipinski definition) is 0. The zero-order valence-corrected chi connectivity index (χ0v) is 8.30. The molecule has 3 heteroatoms. The lowest BCUT2D eigenvalue weighted by Gasteiger charge is -2.14. The van der Waals surface area contributed by atoms with Crippen LogP contribution in [0.5, 0.6) is 0 Å². The van der Waals surface area contributed by atoms with E-state index < -0.39 is 0 Å². The summed E-state index contributed by atoms with van der Waals surface area (Å²) in [5.74, 6) is 0.273. The standard InChI is InChI=1S/C9H19NO2/c1-9(11)5-4-6-10(2)7-8-12-3/h4-8H2,1-3H3. The summed E-state index contributed by atoms with van der Waals surface area (Å²) in [7, 11) is 3.74. The molecule has 12 heavy (non-hydrogen) atoms. The topological polar surface area (TPSA) is 29.5 Å². The first-order valence-corrected chi connectivity index (χ1v) is 4.33. The number of hydrogen-bond acceptors (Lipinski definition) is 3. The van der Waals surface area contributed by atoms with E-state index in [-0.39, 0.29) is 5.78 Å². The Morgan fingerprint density at radius 2 is 2.08 bits per heavy atom. The molecule has 0 aromatic rings. The van der Waals surface area contributed by atoms with Crippen LogP contribution < -0.4 is 0 Å². The number of carbonyl (C=O) groups excluding carboxylic acids is 1. The summed E-state index contributed by atoms with van der Waals surface area (Å²) in [6, 6.07) is 0. The number of ketones is 1. The van der Waals surface area contributed by atoms with Gasteiger partial charge in [-0.3, -0.25) is 0 Å². The summed E-state index contributed by atoms with van der Waals surface area (Å²) in [6.07, 6.45) is 1.65. The van der Waals surface area contributed by atoms with Gasteiger partial charge >= 0.3 is 0 Å². The average Bonchev–Trinajstić information content (AvgIpc) is 2.00. The smallest absolute Gasteiger partial charge is 0.129 e. The van der Waals surface area contributed by atoms with Crippen LogP contribution in [0.4, 0.5) is 0 Å². The van der Waals surface area contributed by atoms with Crippen LogP contribution in [0, 0.1) is 0 Å². The van der Waals surface area contributed by atoms with Gasteiger partial charge < -0.3 is 14.4 Å². The molecule has 3 nitrogen and oxygen atoms in total. The Balaban J connectivity index is 3.19. The van der Waals surface area contributed by atoms with Crippen molar-refractivity contribution in [1.29, 1.82) is 0 Å². The molecule has 72 valence electrons. The van der Waals surface area contributed by atoms with Gasteiger partial charge in [0.05, 0.1) is 6.61 Å². The van der Waals surface area contributed by atoms with Gasteiger partial charge in [0.2, 0.25) is 0 Å². The third kappa shape index (κ3) is 7.69. The zero-order valence-electron chi connectivity index (χ0n) is 8.30. The van der Waals surface area contributed by atoms with Crippen LogP contribution >= 0.6 is 0 Å². The second-order valence-electron chi connectivity index (χ2n) is 3.10. The molecular formula is C9H19NO2. The fourth-order valence-electron chi connectivity index (χ4n) is 0.957. The van der Waals surface area contributed by atoms with Gasteiger partial charge in [0.25, 0.3) is 0 Å². The van der Waals surface area contributed by atoms with Gasteiger partial charge in [-0.15, -0.1) is 0 Å². The van der Waals surface area contributed by atoms with E-state index in [1.807, 2.05) is 7.05 Å². The highest BCUT2D eigenvalue weighted by Gasteiger charge is 1.98. The van der Waals surface area contributed by atoms with Crippen molar-refractivity contribution in [2.24, 2.45) is 0 Å². The van der Waals surface area contributed by atoms with Crippen molar-refractivity contribution in [3.63, 3.8) is 0 Å². The molecule has 0 radical (unpaired) electrons. The molecule has 0 N–H and O–H groups in total. The number of Topliss-reactive ketones (excluding diaryl/α,β-unsaturated/α-hetero) is 1. The lowest BCUT2D eigenvalue weighted by Crippen LogP contribution is -2.24. The molecule has 0 heterocycles. The normalized spacial score (nSPS) is 10.7. The van der Waals surface area contributed by atoms with Crippen molar-refractivity contribution >= 4 is 5.78 Å². The van der Waals surface area contributed by atoms with Crippen LogP contribution in [-0.2, 0) is 9.53 Å². The van der Waals surface area contributed by atoms with Crippen molar-refractivity contribution in [1.82, 2.24) is 4.90 Å². The lowest BCUT2D eigenvalue weighted by atomic mass is 10.2. The number of methoxy groups -OCH3 is 1. The van der Waals surface area contributed by atoms with E-state index >= 15 is 0 Å². The number of rotatable bonds is 7. The third-order valence-electron chi connectivity index (χ3n) is 1.75. The van der Waals surface area contributed by atoms with Crippen molar-refractivity contribution in [3.05, 3.63) is 0 Å². The van der Waals surface area contributed by atoms with Crippen molar-refractivity contribution in [2.75, 3.05) is 33.9 Å². The summed E-state index contributed by atoms with van der Waals surface area (Å²) in [6.45, 7) is 4.31. The Hall–Kier alpha value is -0.410. The highest BCUT2D eigenvalue weighted by Crippen LogP contribution is 1.93. The second-order valence-corrected chi connectivity index (χ2v) is 3.10. The van der Waals surface area contributed by atoms with Crippen LogP contribution in [0.3, 0.4) is 0 Å². The maximum atomic E-state index is 10.6. The average molecular weight is 173 g/mol. The monoisotopic (exact) mass is 173 g/mol. The van der Waals surface area contributed by atoms with E-state index in [1.165, 1.54) is 0 Å². The van der Waals surface area contributed by atoms with Crippen molar-refractivity contribution < 1.29 is 9.53 Å². The summed E-state index contributed by atoms with van der Waals surface area (Å²) in [5.41, 5.74) is 0. The van der Waals surface area contributed by atoms with Crippen molar-refractivity contribution in [3.8, 4) is 0 Å². The summed E-state index contributed by atoms with van der Waals surface area (Å²) < 4.78 is 4.93. The fourth-order valence-corrected chi connectivity index (χ4v) is 0.957. The van der Waals surface area contributed by atoms with Gasteiger partial charge in [-0.2, -0.15) is 0 Å². The maximum absolute atomic E-state index is 10.6. The summed E-state index contributed by atoms with van der Waals surface area (Å²) >= 11 is 0. The Bertz CT molecular complexity index is 126. The van der Waals surface area contributed by atoms with Crippen LogP contribution in [0.2, 0.25) is 0 Å². The maximum Gasteiger partial charge on any atom is 0.129 e. The Morgan fingerprint density at radius 1 is 1.42 bits per heavy atom. The molecule has 0 fully saturated rings. The third-order valence-corrected chi connectivity index (χ3v) is 1.75. The first kappa shape index (κ1) is 11.6. The molecule has 0 aromatic heterocycles. The van der Waals surface area contributed by atoms with E-state index in [2.05, 4.69) is 4.90 Å². The van der Waals surface area contributed by atoms with E-state index in [1.54, 1.807) is 14.0 Å². The minimum absolute atomic E-state index is 0.273. The first-order chi connectivity index (χ1) is 5.66. The molecule has 0 rings (SSSR count). The Labute approximate surface area is 74.7 Å². The van der Waals surface area contributed by atoms with Crippen LogP contribution in [0.1, 0.15) is 19.8 Å². The molecule has 0 aromatic carbocycles. The predicted molar refractivity (Wildman–Crippen MR) is 49.3 cm³/mol. The second kappa shape index (κ2) is 7.25. The van der Waals surface area contributed by atoms with Crippen LogP contribution in [-0.4, -0.2) is 44.5 Å². The number of nitrogens with zero attached hydrogens (tertiary/aromatic N) is 1. The SMILES string of the molecule is COCCN(C)CCCC(C)=O. The minimum Gasteiger partial charge on any atom is -0.383 e. The molecule has 0 amide bonds. The Kier molecular flexibility index (Phi) is 7.00. The molecule has 0 atom stereocenters. The molecule has 0 spiro atoms. The molecule has 0 unspecified atom stereocenters. The largest absolute Gasteiger partial charge is 0.383 e. The molecule has 0 aliphatic carbocycles. The van der Waals surface area contributed by atoms with Gasteiger partial charge in [0, 0.05) is 20.1 Å². The molecule has 0 saturated carbocycles. The highest BCUT2D eigenvalue weighted by atomic mass is 16.5. The lowest BCUT2D eigenvalue weighted by molar-refractivity contribution is -0.117. The van der Waals surface area contributed by atoms with E-state index in [0.29, 0.717) is 6.42 Å². The van der Waals surface area contributed by atoms with E-state index in [4.69, 9.17) is 4.74 Å². The fraction of sp³-hybridized carbons (Fsp3) is 0.889. The van der Waals surface area contributed by atoms with Gasteiger partial charge in [0.1, 0.15) is 5.78 Å². The molecule has 0 bridgehead atoms. The van der Waals surface area contributed by atoms with Gasteiger partial charge in [-0.1, -0.05) is 0 Å². The van der Waals surface area contributed by atoms with Crippen LogP contribution in [0.15, 0.2) is 0 Å². The zero-order chi connectivity index (χ0) is 9.40. The first-order valence-electron chi connectivity index (χ1n) is 4.33. The van der Waals surface area contributed by atoms with Gasteiger partial charge in [-0.25, -0.2) is 0 Å². The molecule has 0 aliphatic rings. The van der Waals surface area contributed by atoms with Gasteiger partial charge in [0.15, 0.2) is 0 Å².